The van der Waals surface area contributed by atoms with Gasteiger partial charge in [-0.1, -0.05) is 25.1 Å². The molecule has 1 aliphatic rings. The van der Waals surface area contributed by atoms with Crippen molar-refractivity contribution in [2.75, 3.05) is 10.6 Å². The molecule has 0 atom stereocenters. The molecular formula is C20H26N6. The molecule has 1 aromatic carbocycles. The quantitative estimate of drug-likeness (QED) is 0.653. The number of nitrogens with one attached hydrogen (secondary N) is 2. The van der Waals surface area contributed by atoms with Crippen LogP contribution in [-0.4, -0.2) is 26.7 Å². The molecule has 26 heavy (non-hydrogen) atoms. The Morgan fingerprint density at radius 3 is 2.65 bits per heavy atom. The number of aromatic nitrogens is 3. The van der Waals surface area contributed by atoms with E-state index in [1.54, 1.807) is 6.20 Å². The first kappa shape index (κ1) is 16.8. The molecule has 136 valence electrons. The zero-order valence-electron chi connectivity index (χ0n) is 15.2. The average Bonchev–Trinajstić information content (AvgIpc) is 3.13. The fourth-order valence-corrected chi connectivity index (χ4v) is 3.69. The third-order valence-electron chi connectivity index (χ3n) is 5.15. The third kappa shape index (κ3) is 3.37. The van der Waals surface area contributed by atoms with Gasteiger partial charge in [0.25, 0.3) is 0 Å². The van der Waals surface area contributed by atoms with Gasteiger partial charge in [-0.25, -0.2) is 9.50 Å². The van der Waals surface area contributed by atoms with E-state index in [0.717, 1.165) is 54.9 Å². The molecule has 1 fully saturated rings. The number of rotatable bonds is 5. The molecule has 0 bridgehead atoms. The number of anilines is 3. The number of imidazole rings is 1. The molecule has 1 saturated carbocycles. The van der Waals surface area contributed by atoms with Crippen LogP contribution in [0, 0.1) is 0 Å². The summed E-state index contributed by atoms with van der Waals surface area (Å²) in [5.41, 5.74) is 10.1. The van der Waals surface area contributed by atoms with Gasteiger partial charge >= 0.3 is 0 Å². The van der Waals surface area contributed by atoms with Crippen molar-refractivity contribution in [1.82, 2.24) is 14.6 Å². The molecule has 4 N–H and O–H groups in total. The zero-order valence-corrected chi connectivity index (χ0v) is 15.2. The SMILES string of the molecule is CCc1c(N[C@H]2CC[C@H](N)CC2)nn2ccnc2c1Nc1ccccc1. The van der Waals surface area contributed by atoms with Gasteiger partial charge in [0.15, 0.2) is 11.5 Å². The molecule has 4 rings (SSSR count). The Balaban J connectivity index is 1.71. The van der Waals surface area contributed by atoms with E-state index in [1.165, 1.54) is 5.56 Å². The molecule has 2 aromatic heterocycles. The smallest absolute Gasteiger partial charge is 0.177 e. The van der Waals surface area contributed by atoms with Crippen molar-refractivity contribution in [1.29, 1.82) is 0 Å². The predicted molar refractivity (Wildman–Crippen MR) is 106 cm³/mol. The van der Waals surface area contributed by atoms with Crippen LogP contribution < -0.4 is 16.4 Å². The standard InChI is InChI=1S/C20H26N6/c1-2-17-18(23-15-6-4-3-5-7-15)20-22-12-13-26(20)25-19(17)24-16-10-8-14(21)9-11-16/h3-7,12-14,16,23H,2,8-11,21H2,1H3,(H,24,25)/t14-,16-. The maximum Gasteiger partial charge on any atom is 0.177 e. The largest absolute Gasteiger partial charge is 0.366 e. The van der Waals surface area contributed by atoms with E-state index in [2.05, 4.69) is 34.7 Å². The second-order valence-corrected chi connectivity index (χ2v) is 7.00. The van der Waals surface area contributed by atoms with Crippen LogP contribution in [-0.2, 0) is 6.42 Å². The van der Waals surface area contributed by atoms with Crippen molar-refractivity contribution in [3.05, 3.63) is 48.3 Å². The molecule has 0 saturated heterocycles. The zero-order chi connectivity index (χ0) is 17.9. The van der Waals surface area contributed by atoms with Gasteiger partial charge < -0.3 is 16.4 Å². The minimum absolute atomic E-state index is 0.345. The lowest BCUT2D eigenvalue weighted by Crippen LogP contribution is -2.33. The first-order chi connectivity index (χ1) is 12.7. The molecule has 1 aliphatic carbocycles. The molecule has 0 amide bonds. The van der Waals surface area contributed by atoms with Crippen LogP contribution in [0.2, 0.25) is 0 Å². The van der Waals surface area contributed by atoms with E-state index in [9.17, 15) is 0 Å². The highest BCUT2D eigenvalue weighted by molar-refractivity contribution is 5.80. The van der Waals surface area contributed by atoms with Crippen LogP contribution in [0.3, 0.4) is 0 Å². The maximum atomic E-state index is 6.05. The highest BCUT2D eigenvalue weighted by Gasteiger charge is 2.22. The van der Waals surface area contributed by atoms with Gasteiger partial charge in [0, 0.05) is 35.7 Å². The molecule has 0 spiro atoms. The molecule has 2 heterocycles. The van der Waals surface area contributed by atoms with Crippen LogP contribution in [0.25, 0.3) is 5.65 Å². The fraction of sp³-hybridized carbons (Fsp3) is 0.400. The van der Waals surface area contributed by atoms with Crippen LogP contribution in [0.1, 0.15) is 38.2 Å². The third-order valence-corrected chi connectivity index (χ3v) is 5.15. The Kier molecular flexibility index (Phi) is 4.75. The first-order valence-corrected chi connectivity index (χ1v) is 9.45. The second-order valence-electron chi connectivity index (χ2n) is 7.00. The number of para-hydroxylation sites is 1. The monoisotopic (exact) mass is 350 g/mol. The second kappa shape index (κ2) is 7.33. The Bertz CT molecular complexity index is 865. The van der Waals surface area contributed by atoms with Gasteiger partial charge in [-0.2, -0.15) is 0 Å². The highest BCUT2D eigenvalue weighted by atomic mass is 15.3. The fourth-order valence-electron chi connectivity index (χ4n) is 3.69. The summed E-state index contributed by atoms with van der Waals surface area (Å²) >= 11 is 0. The maximum absolute atomic E-state index is 6.05. The minimum Gasteiger partial charge on any atom is -0.366 e. The summed E-state index contributed by atoms with van der Waals surface area (Å²) in [5.74, 6) is 0.942. The number of nitrogens with two attached hydrogens (primary N) is 1. The van der Waals surface area contributed by atoms with E-state index >= 15 is 0 Å². The average molecular weight is 350 g/mol. The Labute approximate surface area is 153 Å². The van der Waals surface area contributed by atoms with Gasteiger partial charge in [0.2, 0.25) is 0 Å². The van der Waals surface area contributed by atoms with Crippen LogP contribution in [0.4, 0.5) is 17.2 Å². The summed E-state index contributed by atoms with van der Waals surface area (Å²) in [6, 6.07) is 11.0. The van der Waals surface area contributed by atoms with Crippen molar-refractivity contribution in [2.45, 2.75) is 51.1 Å². The van der Waals surface area contributed by atoms with Crippen molar-refractivity contribution in [3.63, 3.8) is 0 Å². The molecule has 0 aliphatic heterocycles. The van der Waals surface area contributed by atoms with E-state index in [-0.39, 0.29) is 0 Å². The lowest BCUT2D eigenvalue weighted by Gasteiger charge is -2.28. The number of hydrogen-bond donors (Lipinski definition) is 3. The Hall–Kier alpha value is -2.60. The number of benzene rings is 1. The molecular weight excluding hydrogens is 324 g/mol. The summed E-state index contributed by atoms with van der Waals surface area (Å²) in [6.45, 7) is 2.16. The summed E-state index contributed by atoms with van der Waals surface area (Å²) < 4.78 is 1.85. The van der Waals surface area contributed by atoms with E-state index < -0.39 is 0 Å². The predicted octanol–water partition coefficient (Wildman–Crippen LogP) is 3.72. The molecule has 6 heteroatoms. The lowest BCUT2D eigenvalue weighted by molar-refractivity contribution is 0.410. The van der Waals surface area contributed by atoms with Crippen LogP contribution in [0.5, 0.6) is 0 Å². The van der Waals surface area contributed by atoms with Crippen molar-refractivity contribution >= 4 is 22.8 Å². The minimum atomic E-state index is 0.345. The first-order valence-electron chi connectivity index (χ1n) is 9.45. The lowest BCUT2D eigenvalue weighted by atomic mass is 9.91. The van der Waals surface area contributed by atoms with Crippen molar-refractivity contribution in [3.8, 4) is 0 Å². The number of fused-ring (bicyclic) bond motifs is 1. The molecule has 0 radical (unpaired) electrons. The van der Waals surface area contributed by atoms with E-state index in [0.29, 0.717) is 12.1 Å². The molecule has 0 unspecified atom stereocenters. The normalized spacial score (nSPS) is 20.2. The summed E-state index contributed by atoms with van der Waals surface area (Å²) in [4.78, 5) is 4.51. The highest BCUT2D eigenvalue weighted by Crippen LogP contribution is 2.31. The topological polar surface area (TPSA) is 80.3 Å². The van der Waals surface area contributed by atoms with Gasteiger partial charge in [0.1, 0.15) is 0 Å². The molecule has 6 nitrogen and oxygen atoms in total. The van der Waals surface area contributed by atoms with E-state index in [4.69, 9.17) is 10.8 Å². The summed E-state index contributed by atoms with van der Waals surface area (Å²) in [5, 5.41) is 12.0. The van der Waals surface area contributed by atoms with Crippen molar-refractivity contribution in [2.24, 2.45) is 5.73 Å². The Morgan fingerprint density at radius 1 is 1.15 bits per heavy atom. The van der Waals surface area contributed by atoms with Crippen LogP contribution >= 0.6 is 0 Å². The Morgan fingerprint density at radius 2 is 1.92 bits per heavy atom. The summed E-state index contributed by atoms with van der Waals surface area (Å²) in [7, 11) is 0. The van der Waals surface area contributed by atoms with Gasteiger partial charge in [0.05, 0.1) is 5.69 Å². The molecule has 3 aromatic rings. The van der Waals surface area contributed by atoms with Crippen molar-refractivity contribution < 1.29 is 0 Å². The number of nitrogens with zero attached hydrogens (tertiary/aromatic N) is 3. The van der Waals surface area contributed by atoms with E-state index in [1.807, 2.05) is 28.9 Å². The van der Waals surface area contributed by atoms with Gasteiger partial charge in [-0.3, -0.25) is 0 Å². The number of hydrogen-bond acceptors (Lipinski definition) is 5. The summed E-state index contributed by atoms with van der Waals surface area (Å²) in [6.07, 6.45) is 8.89. The van der Waals surface area contributed by atoms with Gasteiger partial charge in [-0.05, 0) is 44.2 Å². The van der Waals surface area contributed by atoms with Crippen LogP contribution in [0.15, 0.2) is 42.7 Å². The van der Waals surface area contributed by atoms with Gasteiger partial charge in [-0.15, -0.1) is 5.10 Å².